The molecular formula is C18H25N3O3. The normalized spacial score (nSPS) is 19.1. The number of nitrogens with zero attached hydrogens (tertiary/aromatic N) is 3. The van der Waals surface area contributed by atoms with Crippen LogP contribution in [0.2, 0.25) is 0 Å². The molecule has 6 nitrogen and oxygen atoms in total. The highest BCUT2D eigenvalue weighted by atomic mass is 16.5. The minimum absolute atomic E-state index is 0.00494. The highest BCUT2D eigenvalue weighted by molar-refractivity contribution is 5.83. The van der Waals surface area contributed by atoms with Crippen molar-refractivity contribution in [1.82, 2.24) is 14.7 Å². The third-order valence-electron chi connectivity index (χ3n) is 4.95. The van der Waals surface area contributed by atoms with Crippen molar-refractivity contribution < 1.29 is 14.3 Å². The molecule has 0 aliphatic carbocycles. The van der Waals surface area contributed by atoms with Crippen molar-refractivity contribution in [3.63, 3.8) is 0 Å². The fraction of sp³-hybridized carbons (Fsp3) is 0.556. The second kappa shape index (κ2) is 7.21. The van der Waals surface area contributed by atoms with Crippen LogP contribution < -0.4 is 4.74 Å². The zero-order valence-electron chi connectivity index (χ0n) is 14.4. The number of carbonyl (C=O) groups excluding carboxylic acids is 2. The van der Waals surface area contributed by atoms with Crippen molar-refractivity contribution in [1.29, 1.82) is 0 Å². The van der Waals surface area contributed by atoms with Gasteiger partial charge >= 0.3 is 0 Å². The van der Waals surface area contributed by atoms with Gasteiger partial charge in [0.15, 0.2) is 0 Å². The van der Waals surface area contributed by atoms with Gasteiger partial charge < -0.3 is 14.5 Å². The van der Waals surface area contributed by atoms with Gasteiger partial charge in [-0.1, -0.05) is 18.2 Å². The number of hydrogen-bond acceptors (Lipinski definition) is 4. The van der Waals surface area contributed by atoms with Crippen LogP contribution in [0.1, 0.15) is 12.5 Å². The SMILES string of the molecule is COc1ccccc1CN1CCN(C(=O)C2CN(C(C)=O)C2)CC1. The highest BCUT2D eigenvalue weighted by Gasteiger charge is 2.37. The molecule has 0 N–H and O–H groups in total. The number of methoxy groups -OCH3 is 1. The Balaban J connectivity index is 1.48. The molecule has 24 heavy (non-hydrogen) atoms. The fourth-order valence-electron chi connectivity index (χ4n) is 3.35. The van der Waals surface area contributed by atoms with Crippen LogP contribution in [-0.2, 0) is 16.1 Å². The number of ether oxygens (including phenoxy) is 1. The number of piperazine rings is 1. The molecule has 0 aromatic heterocycles. The molecule has 0 saturated carbocycles. The lowest BCUT2D eigenvalue weighted by atomic mass is 9.98. The number of likely N-dealkylation sites (tertiary alicyclic amines) is 1. The van der Waals surface area contributed by atoms with E-state index >= 15 is 0 Å². The molecule has 2 aliphatic heterocycles. The van der Waals surface area contributed by atoms with E-state index < -0.39 is 0 Å². The van der Waals surface area contributed by atoms with Crippen LogP contribution in [0.4, 0.5) is 0 Å². The molecule has 2 saturated heterocycles. The first-order chi connectivity index (χ1) is 11.6. The van der Waals surface area contributed by atoms with Crippen LogP contribution in [0.3, 0.4) is 0 Å². The smallest absolute Gasteiger partial charge is 0.229 e. The van der Waals surface area contributed by atoms with Gasteiger partial charge in [-0.05, 0) is 6.07 Å². The zero-order chi connectivity index (χ0) is 17.1. The summed E-state index contributed by atoms with van der Waals surface area (Å²) in [6.45, 7) is 6.80. The predicted octanol–water partition coefficient (Wildman–Crippen LogP) is 0.818. The summed E-state index contributed by atoms with van der Waals surface area (Å²) in [5.41, 5.74) is 1.18. The molecule has 6 heteroatoms. The van der Waals surface area contributed by atoms with Gasteiger partial charge in [0.25, 0.3) is 0 Å². The number of amides is 2. The molecule has 0 radical (unpaired) electrons. The average Bonchev–Trinajstić information content (AvgIpc) is 2.54. The first-order valence-electron chi connectivity index (χ1n) is 8.47. The molecule has 2 aliphatic rings. The zero-order valence-corrected chi connectivity index (χ0v) is 14.4. The van der Waals surface area contributed by atoms with Gasteiger partial charge in [-0.25, -0.2) is 0 Å². The number of carbonyl (C=O) groups is 2. The Morgan fingerprint density at radius 1 is 1.08 bits per heavy atom. The van der Waals surface area contributed by atoms with Crippen LogP contribution >= 0.6 is 0 Å². The minimum atomic E-state index is -0.00494. The van der Waals surface area contributed by atoms with Gasteiger partial charge in [0.05, 0.1) is 13.0 Å². The van der Waals surface area contributed by atoms with Crippen molar-refractivity contribution in [3.05, 3.63) is 29.8 Å². The fourth-order valence-corrected chi connectivity index (χ4v) is 3.35. The van der Waals surface area contributed by atoms with Crippen molar-refractivity contribution >= 4 is 11.8 Å². The van der Waals surface area contributed by atoms with Gasteiger partial charge in [0, 0.05) is 58.3 Å². The van der Waals surface area contributed by atoms with Gasteiger partial charge in [-0.15, -0.1) is 0 Å². The Labute approximate surface area is 143 Å². The topological polar surface area (TPSA) is 53.1 Å². The lowest BCUT2D eigenvalue weighted by molar-refractivity contribution is -0.148. The van der Waals surface area contributed by atoms with E-state index in [1.54, 1.807) is 18.9 Å². The lowest BCUT2D eigenvalue weighted by Crippen LogP contribution is -2.58. The average molecular weight is 331 g/mol. The monoisotopic (exact) mass is 331 g/mol. The third kappa shape index (κ3) is 3.53. The molecular weight excluding hydrogens is 306 g/mol. The molecule has 2 heterocycles. The molecule has 0 spiro atoms. The maximum absolute atomic E-state index is 12.5. The quantitative estimate of drug-likeness (QED) is 0.820. The van der Waals surface area contributed by atoms with Gasteiger partial charge in [-0.3, -0.25) is 14.5 Å². The van der Waals surface area contributed by atoms with E-state index in [4.69, 9.17) is 4.74 Å². The van der Waals surface area contributed by atoms with E-state index in [0.717, 1.165) is 38.5 Å². The summed E-state index contributed by atoms with van der Waals surface area (Å²) in [7, 11) is 1.69. The molecule has 3 rings (SSSR count). The first kappa shape index (κ1) is 16.8. The molecule has 1 aromatic carbocycles. The molecule has 2 fully saturated rings. The summed E-state index contributed by atoms with van der Waals surface area (Å²) >= 11 is 0. The standard InChI is InChI=1S/C18H25N3O3/c1-14(22)21-12-16(13-21)18(23)20-9-7-19(8-10-20)11-15-5-3-4-6-17(15)24-2/h3-6,16H,7-13H2,1-2H3. The van der Waals surface area contributed by atoms with Gasteiger partial charge in [-0.2, -0.15) is 0 Å². The number of benzene rings is 1. The minimum Gasteiger partial charge on any atom is -0.496 e. The molecule has 2 amide bonds. The van der Waals surface area contributed by atoms with Gasteiger partial charge in [0.1, 0.15) is 5.75 Å². The van der Waals surface area contributed by atoms with E-state index in [-0.39, 0.29) is 17.7 Å². The van der Waals surface area contributed by atoms with Crippen LogP contribution in [0.25, 0.3) is 0 Å². The van der Waals surface area contributed by atoms with Crippen molar-refractivity contribution in [3.8, 4) is 5.75 Å². The third-order valence-corrected chi connectivity index (χ3v) is 4.95. The summed E-state index contributed by atoms with van der Waals surface area (Å²) in [6, 6.07) is 8.06. The van der Waals surface area contributed by atoms with E-state index in [9.17, 15) is 9.59 Å². The summed E-state index contributed by atoms with van der Waals surface area (Å²) in [5.74, 6) is 1.16. The maximum Gasteiger partial charge on any atom is 0.229 e. The second-order valence-electron chi connectivity index (χ2n) is 6.53. The van der Waals surface area contributed by atoms with Crippen molar-refractivity contribution in [2.75, 3.05) is 46.4 Å². The van der Waals surface area contributed by atoms with Crippen molar-refractivity contribution in [2.45, 2.75) is 13.5 Å². The summed E-state index contributed by atoms with van der Waals surface area (Å²) < 4.78 is 5.41. The van der Waals surface area contributed by atoms with E-state index in [1.165, 1.54) is 5.56 Å². The lowest BCUT2D eigenvalue weighted by Gasteiger charge is -2.42. The van der Waals surface area contributed by atoms with Crippen LogP contribution in [0.15, 0.2) is 24.3 Å². The van der Waals surface area contributed by atoms with Crippen molar-refractivity contribution in [2.24, 2.45) is 5.92 Å². The van der Waals surface area contributed by atoms with Crippen LogP contribution in [-0.4, -0.2) is 72.9 Å². The Bertz CT molecular complexity index is 605. The Morgan fingerprint density at radius 3 is 2.38 bits per heavy atom. The van der Waals surface area contributed by atoms with E-state index in [2.05, 4.69) is 11.0 Å². The maximum atomic E-state index is 12.5. The number of para-hydroxylation sites is 1. The van der Waals surface area contributed by atoms with Crippen LogP contribution in [0, 0.1) is 5.92 Å². The van der Waals surface area contributed by atoms with E-state index in [1.807, 2.05) is 23.1 Å². The Kier molecular flexibility index (Phi) is 5.04. The first-order valence-corrected chi connectivity index (χ1v) is 8.47. The van der Waals surface area contributed by atoms with E-state index in [0.29, 0.717) is 13.1 Å². The molecule has 1 aromatic rings. The molecule has 0 atom stereocenters. The molecule has 130 valence electrons. The van der Waals surface area contributed by atoms with Gasteiger partial charge in [0.2, 0.25) is 11.8 Å². The highest BCUT2D eigenvalue weighted by Crippen LogP contribution is 2.22. The predicted molar refractivity (Wildman–Crippen MR) is 90.6 cm³/mol. The largest absolute Gasteiger partial charge is 0.496 e. The Hall–Kier alpha value is -2.08. The number of rotatable bonds is 4. The van der Waals surface area contributed by atoms with Crippen LogP contribution in [0.5, 0.6) is 5.75 Å². The molecule has 0 bridgehead atoms. The number of hydrogen-bond donors (Lipinski definition) is 0. The second-order valence-corrected chi connectivity index (χ2v) is 6.53. The summed E-state index contributed by atoms with van der Waals surface area (Å²) in [4.78, 5) is 29.7. The Morgan fingerprint density at radius 2 is 1.75 bits per heavy atom. The summed E-state index contributed by atoms with van der Waals surface area (Å²) in [6.07, 6.45) is 0. The molecule has 0 unspecified atom stereocenters. The summed E-state index contributed by atoms with van der Waals surface area (Å²) in [5, 5.41) is 0.